The number of carbonyl (C=O) groups excluding carboxylic acids is 1. The number of aromatic amines is 1. The van der Waals surface area contributed by atoms with Gasteiger partial charge in [0.2, 0.25) is 0 Å². The van der Waals surface area contributed by atoms with Crippen molar-refractivity contribution in [2.45, 2.75) is 13.3 Å². The number of rotatable bonds is 5. The number of hydrogen-bond donors (Lipinski definition) is 1. The monoisotopic (exact) mass is 230 g/mol. The van der Waals surface area contributed by atoms with Gasteiger partial charge in [-0.15, -0.1) is 0 Å². The van der Waals surface area contributed by atoms with Gasteiger partial charge in [0, 0.05) is 23.1 Å². The first-order valence-electron chi connectivity index (χ1n) is 5.90. The third kappa shape index (κ3) is 2.56. The molecule has 3 nitrogen and oxygen atoms in total. The predicted molar refractivity (Wildman–Crippen MR) is 70.3 cm³/mol. The number of carbonyl (C=O) groups is 1. The summed E-state index contributed by atoms with van der Waals surface area (Å²) in [6, 6.07) is 8.35. The van der Waals surface area contributed by atoms with E-state index in [0.717, 1.165) is 19.3 Å². The molecular formula is C14H18N2O. The lowest BCUT2D eigenvalue weighted by Gasteiger charge is -2.12. The minimum absolute atomic E-state index is 0.501. The molecule has 1 aromatic carbocycles. The molecule has 1 N–H and O–H groups in total. The Morgan fingerprint density at radius 1 is 1.35 bits per heavy atom. The third-order valence-corrected chi connectivity index (χ3v) is 3.16. The number of aromatic nitrogens is 1. The number of H-pyrrole nitrogens is 1. The molecule has 0 unspecified atom stereocenters. The Morgan fingerprint density at radius 3 is 2.88 bits per heavy atom. The maximum absolute atomic E-state index is 10.4. The molecule has 0 saturated heterocycles. The molecule has 2 rings (SSSR count). The van der Waals surface area contributed by atoms with E-state index in [-0.39, 0.29) is 0 Å². The summed E-state index contributed by atoms with van der Waals surface area (Å²) in [4.78, 5) is 15.8. The molecule has 2 aromatic rings. The summed E-state index contributed by atoms with van der Waals surface area (Å²) < 4.78 is 0. The van der Waals surface area contributed by atoms with Crippen LogP contribution in [0.15, 0.2) is 24.3 Å². The highest BCUT2D eigenvalue weighted by molar-refractivity contribution is 5.84. The Bertz CT molecular complexity index is 516. The van der Waals surface area contributed by atoms with Gasteiger partial charge in [0.25, 0.3) is 0 Å². The van der Waals surface area contributed by atoms with Crippen LogP contribution in [-0.2, 0) is 11.2 Å². The maximum Gasteiger partial charge on any atom is 0.133 e. The van der Waals surface area contributed by atoms with Crippen LogP contribution in [0.3, 0.4) is 0 Å². The number of fused-ring (bicyclic) bond motifs is 1. The Balaban J connectivity index is 2.17. The summed E-state index contributed by atoms with van der Waals surface area (Å²) in [5.74, 6) is 0. The third-order valence-electron chi connectivity index (χ3n) is 3.16. The molecule has 17 heavy (non-hydrogen) atoms. The van der Waals surface area contributed by atoms with Crippen LogP contribution in [0.5, 0.6) is 0 Å². The van der Waals surface area contributed by atoms with Crippen molar-refractivity contribution in [1.82, 2.24) is 9.88 Å². The fourth-order valence-electron chi connectivity index (χ4n) is 2.18. The van der Waals surface area contributed by atoms with E-state index in [1.165, 1.54) is 22.2 Å². The molecule has 0 spiro atoms. The second-order valence-corrected chi connectivity index (χ2v) is 4.45. The van der Waals surface area contributed by atoms with Crippen LogP contribution in [0.4, 0.5) is 0 Å². The van der Waals surface area contributed by atoms with Crippen molar-refractivity contribution in [1.29, 1.82) is 0 Å². The van der Waals surface area contributed by atoms with Gasteiger partial charge in [-0.25, -0.2) is 0 Å². The van der Waals surface area contributed by atoms with Crippen LogP contribution in [0.25, 0.3) is 10.9 Å². The van der Waals surface area contributed by atoms with Gasteiger partial charge < -0.3 is 9.78 Å². The number of para-hydroxylation sites is 1. The second kappa shape index (κ2) is 5.15. The van der Waals surface area contributed by atoms with Crippen LogP contribution in [-0.4, -0.2) is 36.3 Å². The molecule has 0 aliphatic carbocycles. The SMILES string of the molecule is Cc1[nH]c2ccccc2c1CCN(C)CC=O. The molecule has 0 aliphatic heterocycles. The summed E-state index contributed by atoms with van der Waals surface area (Å²) in [6.45, 7) is 3.51. The summed E-state index contributed by atoms with van der Waals surface area (Å²) in [6.07, 6.45) is 1.92. The molecule has 0 aliphatic rings. The number of likely N-dealkylation sites (N-methyl/N-ethyl adjacent to an activating group) is 1. The highest BCUT2D eigenvalue weighted by atomic mass is 16.1. The Labute approximate surface area is 101 Å². The van der Waals surface area contributed by atoms with E-state index >= 15 is 0 Å². The van der Waals surface area contributed by atoms with E-state index in [0.29, 0.717) is 6.54 Å². The average molecular weight is 230 g/mol. The lowest BCUT2D eigenvalue weighted by molar-refractivity contribution is -0.108. The molecule has 0 atom stereocenters. The number of nitrogens with one attached hydrogen (secondary N) is 1. The second-order valence-electron chi connectivity index (χ2n) is 4.45. The van der Waals surface area contributed by atoms with Gasteiger partial charge in [-0.3, -0.25) is 4.90 Å². The molecule has 1 heterocycles. The first-order chi connectivity index (χ1) is 8.22. The molecular weight excluding hydrogens is 212 g/mol. The fourth-order valence-corrected chi connectivity index (χ4v) is 2.18. The molecule has 0 radical (unpaired) electrons. The topological polar surface area (TPSA) is 36.1 Å². The minimum Gasteiger partial charge on any atom is -0.358 e. The van der Waals surface area contributed by atoms with E-state index in [2.05, 4.69) is 30.1 Å². The first-order valence-corrected chi connectivity index (χ1v) is 5.90. The van der Waals surface area contributed by atoms with Crippen molar-refractivity contribution in [3.63, 3.8) is 0 Å². The van der Waals surface area contributed by atoms with Gasteiger partial charge in [-0.05, 0) is 32.0 Å². The van der Waals surface area contributed by atoms with Crippen molar-refractivity contribution >= 4 is 17.2 Å². The van der Waals surface area contributed by atoms with Crippen LogP contribution in [0, 0.1) is 6.92 Å². The Morgan fingerprint density at radius 2 is 2.12 bits per heavy atom. The smallest absolute Gasteiger partial charge is 0.133 e. The number of aldehydes is 1. The van der Waals surface area contributed by atoms with E-state index in [1.54, 1.807) is 0 Å². The molecule has 0 amide bonds. The summed E-state index contributed by atoms with van der Waals surface area (Å²) in [7, 11) is 1.97. The van der Waals surface area contributed by atoms with E-state index in [4.69, 9.17) is 0 Å². The van der Waals surface area contributed by atoms with Gasteiger partial charge in [0.05, 0.1) is 6.54 Å². The van der Waals surface area contributed by atoms with Gasteiger partial charge in [-0.2, -0.15) is 0 Å². The van der Waals surface area contributed by atoms with Crippen LogP contribution >= 0.6 is 0 Å². The van der Waals surface area contributed by atoms with Crippen molar-refractivity contribution < 1.29 is 4.79 Å². The average Bonchev–Trinajstić information content (AvgIpc) is 2.62. The molecule has 0 saturated carbocycles. The molecule has 90 valence electrons. The molecule has 3 heteroatoms. The van der Waals surface area contributed by atoms with Gasteiger partial charge in [0.15, 0.2) is 0 Å². The standard InChI is InChI=1S/C14H18N2O/c1-11-12(7-8-16(2)9-10-17)13-5-3-4-6-14(13)15-11/h3-6,10,15H,7-9H2,1-2H3. The number of hydrogen-bond acceptors (Lipinski definition) is 2. The van der Waals surface area contributed by atoms with Gasteiger partial charge >= 0.3 is 0 Å². The first kappa shape index (κ1) is 11.9. The van der Waals surface area contributed by atoms with E-state index in [9.17, 15) is 4.79 Å². The van der Waals surface area contributed by atoms with Crippen LogP contribution in [0.2, 0.25) is 0 Å². The summed E-state index contributed by atoms with van der Waals surface area (Å²) in [5, 5.41) is 1.30. The highest BCUT2D eigenvalue weighted by Gasteiger charge is 2.08. The predicted octanol–water partition coefficient (Wildman–Crippen LogP) is 2.15. The lowest BCUT2D eigenvalue weighted by atomic mass is 10.1. The van der Waals surface area contributed by atoms with Gasteiger partial charge in [-0.1, -0.05) is 18.2 Å². The Kier molecular flexibility index (Phi) is 3.59. The highest BCUT2D eigenvalue weighted by Crippen LogP contribution is 2.22. The van der Waals surface area contributed by atoms with Crippen LogP contribution < -0.4 is 0 Å². The zero-order valence-corrected chi connectivity index (χ0v) is 10.4. The maximum atomic E-state index is 10.4. The van der Waals surface area contributed by atoms with Crippen molar-refractivity contribution in [2.75, 3.05) is 20.1 Å². The summed E-state index contributed by atoms with van der Waals surface area (Å²) >= 11 is 0. The van der Waals surface area contributed by atoms with Crippen molar-refractivity contribution in [2.24, 2.45) is 0 Å². The zero-order chi connectivity index (χ0) is 12.3. The van der Waals surface area contributed by atoms with E-state index in [1.807, 2.05) is 18.0 Å². The van der Waals surface area contributed by atoms with E-state index < -0.39 is 0 Å². The molecule has 0 fully saturated rings. The lowest BCUT2D eigenvalue weighted by Crippen LogP contribution is -2.23. The number of aryl methyl sites for hydroxylation is 1. The number of nitrogens with zero attached hydrogens (tertiary/aromatic N) is 1. The zero-order valence-electron chi connectivity index (χ0n) is 10.4. The number of benzene rings is 1. The Hall–Kier alpha value is -1.61. The largest absolute Gasteiger partial charge is 0.358 e. The van der Waals surface area contributed by atoms with Gasteiger partial charge in [0.1, 0.15) is 6.29 Å². The van der Waals surface area contributed by atoms with Crippen LogP contribution in [0.1, 0.15) is 11.3 Å². The molecule has 1 aromatic heterocycles. The molecule has 0 bridgehead atoms. The minimum atomic E-state index is 0.501. The van der Waals surface area contributed by atoms with Crippen molar-refractivity contribution in [3.8, 4) is 0 Å². The normalized spacial score (nSPS) is 11.2. The quantitative estimate of drug-likeness (QED) is 0.799. The fraction of sp³-hybridized carbons (Fsp3) is 0.357. The van der Waals surface area contributed by atoms with Crippen molar-refractivity contribution in [3.05, 3.63) is 35.5 Å². The summed E-state index contributed by atoms with van der Waals surface area (Å²) in [5.41, 5.74) is 3.78.